The minimum absolute atomic E-state index is 0.0757. The van der Waals surface area contributed by atoms with Crippen molar-refractivity contribution in [1.82, 2.24) is 4.98 Å². The van der Waals surface area contributed by atoms with Crippen molar-refractivity contribution in [3.05, 3.63) is 23.6 Å². The fourth-order valence-corrected chi connectivity index (χ4v) is 3.03. The summed E-state index contributed by atoms with van der Waals surface area (Å²) in [6, 6.07) is 4.15. The number of nitrogens with two attached hydrogens (primary N) is 1. The zero-order valence-corrected chi connectivity index (χ0v) is 12.7. The van der Waals surface area contributed by atoms with Crippen LogP contribution in [0.5, 0.6) is 0 Å². The van der Waals surface area contributed by atoms with Crippen LogP contribution in [0, 0.1) is 0 Å². The molecule has 108 valence electrons. The van der Waals surface area contributed by atoms with Crippen molar-refractivity contribution in [2.75, 3.05) is 5.73 Å². The van der Waals surface area contributed by atoms with E-state index in [1.165, 1.54) is 37.7 Å². The Morgan fingerprint density at radius 2 is 1.85 bits per heavy atom. The van der Waals surface area contributed by atoms with E-state index in [1.807, 2.05) is 6.07 Å². The van der Waals surface area contributed by atoms with Gasteiger partial charge in [0, 0.05) is 5.92 Å². The average molecular weight is 272 g/mol. The Hall–Kier alpha value is -1.51. The number of benzene rings is 1. The van der Waals surface area contributed by atoms with Gasteiger partial charge in [-0.15, -0.1) is 0 Å². The molecule has 0 radical (unpaired) electrons. The summed E-state index contributed by atoms with van der Waals surface area (Å²) >= 11 is 0. The zero-order valence-electron chi connectivity index (χ0n) is 12.7. The Morgan fingerprint density at radius 3 is 2.50 bits per heavy atom. The molecule has 3 nitrogen and oxygen atoms in total. The number of hydrogen-bond acceptors (Lipinski definition) is 3. The van der Waals surface area contributed by atoms with Gasteiger partial charge in [-0.05, 0) is 36.0 Å². The van der Waals surface area contributed by atoms with Gasteiger partial charge in [0.25, 0.3) is 0 Å². The Morgan fingerprint density at radius 1 is 1.15 bits per heavy atom. The van der Waals surface area contributed by atoms with Crippen LogP contribution < -0.4 is 5.73 Å². The highest BCUT2D eigenvalue weighted by atomic mass is 16.3. The molecule has 0 spiro atoms. The number of hydrogen-bond donors (Lipinski definition) is 1. The fraction of sp³-hybridized carbons (Fsp3) is 0.588. The second-order valence-electron chi connectivity index (χ2n) is 7.05. The summed E-state index contributed by atoms with van der Waals surface area (Å²) in [6.07, 6.45) is 6.29. The molecule has 0 saturated heterocycles. The molecule has 2 N–H and O–H groups in total. The summed E-state index contributed by atoms with van der Waals surface area (Å²) in [6.45, 7) is 6.57. The molecule has 0 bridgehead atoms. The van der Waals surface area contributed by atoms with E-state index in [-0.39, 0.29) is 5.41 Å². The lowest BCUT2D eigenvalue weighted by Gasteiger charge is -2.19. The average Bonchev–Trinajstić information content (AvgIpc) is 2.83. The van der Waals surface area contributed by atoms with E-state index in [1.54, 1.807) is 0 Å². The van der Waals surface area contributed by atoms with Crippen molar-refractivity contribution < 1.29 is 4.42 Å². The van der Waals surface area contributed by atoms with Crippen LogP contribution in [0.4, 0.5) is 5.69 Å². The predicted octanol–water partition coefficient (Wildman–Crippen LogP) is 4.76. The van der Waals surface area contributed by atoms with Gasteiger partial charge in [-0.25, -0.2) is 4.98 Å². The number of fused-ring (bicyclic) bond motifs is 1. The standard InChI is InChI=1S/C17H24N2O/c1-17(2,3)12-9-13(18)15-14(10-12)19-16(20-15)11-7-5-4-6-8-11/h9-11H,4-8,18H2,1-3H3. The highest BCUT2D eigenvalue weighted by molar-refractivity contribution is 5.86. The van der Waals surface area contributed by atoms with E-state index in [9.17, 15) is 0 Å². The molecular weight excluding hydrogens is 248 g/mol. The molecule has 1 aromatic heterocycles. The lowest BCUT2D eigenvalue weighted by molar-refractivity contribution is 0.373. The molecule has 0 aliphatic heterocycles. The molecule has 0 atom stereocenters. The summed E-state index contributed by atoms with van der Waals surface area (Å²) in [4.78, 5) is 4.72. The minimum Gasteiger partial charge on any atom is -0.438 e. The molecule has 0 amide bonds. The van der Waals surface area contributed by atoms with Crippen molar-refractivity contribution in [3.8, 4) is 0 Å². The SMILES string of the molecule is CC(C)(C)c1cc(N)c2oc(C3CCCCC3)nc2c1. The number of anilines is 1. The lowest BCUT2D eigenvalue weighted by Crippen LogP contribution is -2.11. The maximum Gasteiger partial charge on any atom is 0.198 e. The summed E-state index contributed by atoms with van der Waals surface area (Å²) in [5.41, 5.74) is 9.84. The van der Waals surface area contributed by atoms with Crippen LogP contribution in [0.3, 0.4) is 0 Å². The zero-order chi connectivity index (χ0) is 14.3. The first-order valence-corrected chi connectivity index (χ1v) is 7.65. The smallest absolute Gasteiger partial charge is 0.198 e. The Labute approximate surface area is 120 Å². The first kappa shape index (κ1) is 13.5. The number of nitrogen functional groups attached to an aromatic ring is 1. The van der Waals surface area contributed by atoms with Crippen LogP contribution in [0.25, 0.3) is 11.1 Å². The lowest BCUT2D eigenvalue weighted by atomic mass is 9.86. The summed E-state index contributed by atoms with van der Waals surface area (Å²) in [5.74, 6) is 1.37. The van der Waals surface area contributed by atoms with Gasteiger partial charge in [0.05, 0.1) is 5.69 Å². The van der Waals surface area contributed by atoms with Gasteiger partial charge in [0.2, 0.25) is 0 Å². The van der Waals surface area contributed by atoms with E-state index in [0.717, 1.165) is 17.0 Å². The second-order valence-corrected chi connectivity index (χ2v) is 7.05. The predicted molar refractivity (Wildman–Crippen MR) is 82.9 cm³/mol. The fourth-order valence-electron chi connectivity index (χ4n) is 3.03. The third kappa shape index (κ3) is 2.41. The van der Waals surface area contributed by atoms with Crippen molar-refractivity contribution >= 4 is 16.8 Å². The Bertz CT molecular complexity index is 616. The van der Waals surface area contributed by atoms with Gasteiger partial charge < -0.3 is 10.2 Å². The monoisotopic (exact) mass is 272 g/mol. The summed E-state index contributed by atoms with van der Waals surface area (Å²) in [5, 5.41) is 0. The molecule has 1 heterocycles. The van der Waals surface area contributed by atoms with Crippen molar-refractivity contribution in [2.45, 2.75) is 64.2 Å². The van der Waals surface area contributed by atoms with Crippen molar-refractivity contribution in [3.63, 3.8) is 0 Å². The van der Waals surface area contributed by atoms with Gasteiger partial charge in [0.15, 0.2) is 11.5 Å². The second kappa shape index (κ2) is 4.80. The van der Waals surface area contributed by atoms with Gasteiger partial charge in [-0.3, -0.25) is 0 Å². The van der Waals surface area contributed by atoms with Crippen LogP contribution in [0.15, 0.2) is 16.5 Å². The van der Waals surface area contributed by atoms with E-state index in [0.29, 0.717) is 11.6 Å². The molecular formula is C17H24N2O. The third-order valence-electron chi connectivity index (χ3n) is 4.36. The Kier molecular flexibility index (Phi) is 3.23. The Balaban J connectivity index is 2.04. The molecule has 20 heavy (non-hydrogen) atoms. The maximum absolute atomic E-state index is 6.16. The van der Waals surface area contributed by atoms with Crippen molar-refractivity contribution in [2.24, 2.45) is 0 Å². The molecule has 1 saturated carbocycles. The first-order chi connectivity index (χ1) is 9.45. The molecule has 1 aromatic carbocycles. The molecule has 1 aliphatic carbocycles. The molecule has 1 aliphatic rings. The van der Waals surface area contributed by atoms with Gasteiger partial charge in [-0.1, -0.05) is 40.0 Å². The number of aromatic nitrogens is 1. The number of oxazole rings is 1. The molecule has 3 rings (SSSR count). The van der Waals surface area contributed by atoms with E-state index in [4.69, 9.17) is 15.1 Å². The topological polar surface area (TPSA) is 52.0 Å². The number of nitrogens with zero attached hydrogens (tertiary/aromatic N) is 1. The largest absolute Gasteiger partial charge is 0.438 e. The maximum atomic E-state index is 6.16. The highest BCUT2D eigenvalue weighted by Crippen LogP contribution is 2.36. The summed E-state index contributed by atoms with van der Waals surface area (Å²) < 4.78 is 5.97. The normalized spacial score (nSPS) is 17.8. The quantitative estimate of drug-likeness (QED) is 0.762. The van der Waals surface area contributed by atoms with E-state index < -0.39 is 0 Å². The van der Waals surface area contributed by atoms with Crippen LogP contribution >= 0.6 is 0 Å². The van der Waals surface area contributed by atoms with Crippen LogP contribution in [0.2, 0.25) is 0 Å². The van der Waals surface area contributed by atoms with E-state index in [2.05, 4.69) is 26.8 Å². The third-order valence-corrected chi connectivity index (χ3v) is 4.36. The van der Waals surface area contributed by atoms with Crippen LogP contribution in [-0.4, -0.2) is 4.98 Å². The number of rotatable bonds is 1. The van der Waals surface area contributed by atoms with E-state index >= 15 is 0 Å². The van der Waals surface area contributed by atoms with Crippen LogP contribution in [0.1, 0.15) is 70.2 Å². The summed E-state index contributed by atoms with van der Waals surface area (Å²) in [7, 11) is 0. The van der Waals surface area contributed by atoms with Crippen LogP contribution in [-0.2, 0) is 5.41 Å². The molecule has 2 aromatic rings. The van der Waals surface area contributed by atoms with Gasteiger partial charge in [0.1, 0.15) is 5.52 Å². The van der Waals surface area contributed by atoms with Gasteiger partial charge >= 0.3 is 0 Å². The van der Waals surface area contributed by atoms with Crippen molar-refractivity contribution in [1.29, 1.82) is 0 Å². The molecule has 0 unspecified atom stereocenters. The minimum atomic E-state index is 0.0757. The van der Waals surface area contributed by atoms with Gasteiger partial charge in [-0.2, -0.15) is 0 Å². The molecule has 1 fully saturated rings. The highest BCUT2D eigenvalue weighted by Gasteiger charge is 2.23. The first-order valence-electron chi connectivity index (χ1n) is 7.65. The molecule has 3 heteroatoms.